The van der Waals surface area contributed by atoms with E-state index in [1.807, 2.05) is 38.3 Å². The Morgan fingerprint density at radius 3 is 3.09 bits per heavy atom. The third-order valence-corrected chi connectivity index (χ3v) is 5.39. The summed E-state index contributed by atoms with van der Waals surface area (Å²) in [5.41, 5.74) is 1.03. The van der Waals surface area contributed by atoms with Gasteiger partial charge in [0.2, 0.25) is 0 Å². The molecule has 0 aliphatic carbocycles. The lowest BCUT2D eigenvalue weighted by molar-refractivity contribution is -0.123. The number of benzene rings is 1. The maximum absolute atomic E-state index is 11.9. The molecule has 0 radical (unpaired) electrons. The number of hydrogen-bond donors (Lipinski definition) is 1. The first-order valence-electron chi connectivity index (χ1n) is 7.28. The van der Waals surface area contributed by atoms with Gasteiger partial charge >= 0.3 is 0 Å². The van der Waals surface area contributed by atoms with Crippen molar-refractivity contribution < 1.29 is 9.53 Å². The summed E-state index contributed by atoms with van der Waals surface area (Å²) < 4.78 is 8.00. The van der Waals surface area contributed by atoms with Crippen LogP contribution in [0.25, 0.3) is 20.3 Å². The number of fused-ring (bicyclic) bond motifs is 3. The van der Waals surface area contributed by atoms with Gasteiger partial charge in [0.25, 0.3) is 5.91 Å². The second-order valence-corrected chi connectivity index (χ2v) is 7.43. The quantitative estimate of drug-likeness (QED) is 0.764. The van der Waals surface area contributed by atoms with Gasteiger partial charge in [-0.3, -0.25) is 4.79 Å². The Morgan fingerprint density at radius 1 is 1.50 bits per heavy atom. The molecule has 1 atom stereocenters. The zero-order chi connectivity index (χ0) is 15.7. The standard InChI is InChI=1S/C16H18N2O2S2/c1-4-9(2)17-14(19)8-20-12-7-13-15(18-10(3)22-13)16-11(12)5-6-21-16/h5-7,9H,4,8H2,1-3H3,(H,17,19). The van der Waals surface area contributed by atoms with Gasteiger partial charge in [-0.25, -0.2) is 4.98 Å². The molecule has 4 nitrogen and oxygen atoms in total. The molecule has 116 valence electrons. The van der Waals surface area contributed by atoms with E-state index < -0.39 is 0 Å². The molecule has 3 rings (SSSR count). The fourth-order valence-electron chi connectivity index (χ4n) is 2.27. The van der Waals surface area contributed by atoms with Crippen LogP contribution in [0.4, 0.5) is 0 Å². The fourth-order valence-corrected chi connectivity index (χ4v) is 4.10. The van der Waals surface area contributed by atoms with Crippen LogP contribution in [0.5, 0.6) is 5.75 Å². The van der Waals surface area contributed by atoms with Crippen LogP contribution < -0.4 is 10.1 Å². The molecule has 1 amide bonds. The van der Waals surface area contributed by atoms with Crippen molar-refractivity contribution in [2.75, 3.05) is 6.61 Å². The van der Waals surface area contributed by atoms with E-state index in [1.54, 1.807) is 22.7 Å². The van der Waals surface area contributed by atoms with Gasteiger partial charge in [-0.15, -0.1) is 22.7 Å². The number of thiophene rings is 1. The van der Waals surface area contributed by atoms with Crippen molar-refractivity contribution in [1.29, 1.82) is 0 Å². The molecule has 0 fully saturated rings. The Balaban J connectivity index is 1.86. The van der Waals surface area contributed by atoms with E-state index in [0.29, 0.717) is 0 Å². The van der Waals surface area contributed by atoms with E-state index in [9.17, 15) is 4.79 Å². The SMILES string of the molecule is CCC(C)NC(=O)COc1cc2sc(C)nc2c2sccc12. The number of nitrogens with zero attached hydrogens (tertiary/aromatic N) is 1. The van der Waals surface area contributed by atoms with Gasteiger partial charge in [0.05, 0.1) is 19.9 Å². The summed E-state index contributed by atoms with van der Waals surface area (Å²) in [5.74, 6) is 0.671. The summed E-state index contributed by atoms with van der Waals surface area (Å²) in [6, 6.07) is 4.19. The fraction of sp³-hybridized carbons (Fsp3) is 0.375. The van der Waals surface area contributed by atoms with E-state index in [-0.39, 0.29) is 18.6 Å². The molecular weight excluding hydrogens is 316 g/mol. The van der Waals surface area contributed by atoms with Crippen molar-refractivity contribution in [3.8, 4) is 5.75 Å². The van der Waals surface area contributed by atoms with Crippen molar-refractivity contribution in [1.82, 2.24) is 10.3 Å². The lowest BCUT2D eigenvalue weighted by Crippen LogP contribution is -2.35. The van der Waals surface area contributed by atoms with Gasteiger partial charge < -0.3 is 10.1 Å². The second kappa shape index (κ2) is 6.22. The van der Waals surface area contributed by atoms with Crippen LogP contribution in [0.2, 0.25) is 0 Å². The minimum Gasteiger partial charge on any atom is -0.483 e. The lowest BCUT2D eigenvalue weighted by Gasteiger charge is -2.12. The monoisotopic (exact) mass is 334 g/mol. The van der Waals surface area contributed by atoms with Crippen LogP contribution in [0.3, 0.4) is 0 Å². The van der Waals surface area contributed by atoms with Gasteiger partial charge in [-0.1, -0.05) is 6.92 Å². The number of amides is 1. The molecule has 0 saturated heterocycles. The average molecular weight is 334 g/mol. The van der Waals surface area contributed by atoms with Crippen LogP contribution in [-0.4, -0.2) is 23.5 Å². The third-order valence-electron chi connectivity index (χ3n) is 3.55. The number of carbonyl (C=O) groups is 1. The number of ether oxygens (including phenoxy) is 1. The molecule has 6 heteroatoms. The maximum atomic E-state index is 11.9. The van der Waals surface area contributed by atoms with Crippen LogP contribution >= 0.6 is 22.7 Å². The molecule has 1 unspecified atom stereocenters. The van der Waals surface area contributed by atoms with Crippen molar-refractivity contribution in [3.63, 3.8) is 0 Å². The highest BCUT2D eigenvalue weighted by Gasteiger charge is 2.14. The summed E-state index contributed by atoms with van der Waals surface area (Å²) >= 11 is 3.30. The van der Waals surface area contributed by atoms with Crippen LogP contribution in [-0.2, 0) is 4.79 Å². The first kappa shape index (κ1) is 15.2. The lowest BCUT2D eigenvalue weighted by atomic mass is 10.2. The van der Waals surface area contributed by atoms with Gasteiger partial charge in [0.15, 0.2) is 6.61 Å². The average Bonchev–Trinajstić information content (AvgIpc) is 3.09. The Morgan fingerprint density at radius 2 is 2.32 bits per heavy atom. The Bertz CT molecular complexity index is 822. The Kier molecular flexibility index (Phi) is 4.31. The summed E-state index contributed by atoms with van der Waals surface area (Å²) in [5, 5.41) is 7.01. The molecule has 0 aliphatic rings. The predicted octanol–water partition coefficient (Wildman–Crippen LogP) is 4.11. The number of aromatic nitrogens is 1. The normalized spacial score (nSPS) is 12.7. The number of thiazole rings is 1. The molecule has 22 heavy (non-hydrogen) atoms. The smallest absolute Gasteiger partial charge is 0.258 e. The highest BCUT2D eigenvalue weighted by molar-refractivity contribution is 7.21. The van der Waals surface area contributed by atoms with E-state index in [0.717, 1.165) is 37.5 Å². The molecule has 0 bridgehead atoms. The minimum absolute atomic E-state index is 0.0403. The van der Waals surface area contributed by atoms with E-state index in [1.165, 1.54) is 0 Å². The molecule has 1 aromatic carbocycles. The van der Waals surface area contributed by atoms with Gasteiger partial charge in [0, 0.05) is 17.5 Å². The molecular formula is C16H18N2O2S2. The van der Waals surface area contributed by atoms with Gasteiger partial charge in [-0.05, 0) is 31.7 Å². The van der Waals surface area contributed by atoms with E-state index in [4.69, 9.17) is 4.74 Å². The number of aryl methyl sites for hydroxylation is 1. The Labute approximate surface area is 137 Å². The molecule has 1 N–H and O–H groups in total. The van der Waals surface area contributed by atoms with Crippen molar-refractivity contribution in [2.45, 2.75) is 33.2 Å². The molecule has 2 heterocycles. The topological polar surface area (TPSA) is 51.2 Å². The number of nitrogens with one attached hydrogen (secondary N) is 1. The highest BCUT2D eigenvalue weighted by atomic mass is 32.1. The number of rotatable bonds is 5. The largest absolute Gasteiger partial charge is 0.483 e. The first-order chi connectivity index (χ1) is 10.6. The summed E-state index contributed by atoms with van der Waals surface area (Å²) in [4.78, 5) is 16.5. The minimum atomic E-state index is -0.0849. The third kappa shape index (κ3) is 2.94. The van der Waals surface area contributed by atoms with Crippen molar-refractivity contribution >= 4 is 48.9 Å². The van der Waals surface area contributed by atoms with Crippen LogP contribution in [0.15, 0.2) is 17.5 Å². The van der Waals surface area contributed by atoms with E-state index >= 15 is 0 Å². The van der Waals surface area contributed by atoms with E-state index in [2.05, 4.69) is 10.3 Å². The van der Waals surface area contributed by atoms with Crippen LogP contribution in [0.1, 0.15) is 25.3 Å². The van der Waals surface area contributed by atoms with Gasteiger partial charge in [-0.2, -0.15) is 0 Å². The second-order valence-electron chi connectivity index (χ2n) is 5.28. The highest BCUT2D eigenvalue weighted by Crippen LogP contribution is 2.38. The maximum Gasteiger partial charge on any atom is 0.258 e. The summed E-state index contributed by atoms with van der Waals surface area (Å²) in [6.07, 6.45) is 0.909. The predicted molar refractivity (Wildman–Crippen MR) is 93.1 cm³/mol. The Hall–Kier alpha value is -1.66. The molecule has 2 aromatic heterocycles. The number of hydrogen-bond acceptors (Lipinski definition) is 5. The molecule has 0 aliphatic heterocycles. The van der Waals surface area contributed by atoms with Crippen LogP contribution in [0, 0.1) is 6.92 Å². The first-order valence-corrected chi connectivity index (χ1v) is 8.97. The zero-order valence-corrected chi connectivity index (χ0v) is 14.4. The van der Waals surface area contributed by atoms with Crippen molar-refractivity contribution in [2.24, 2.45) is 0 Å². The van der Waals surface area contributed by atoms with Gasteiger partial charge in [0.1, 0.15) is 5.75 Å². The van der Waals surface area contributed by atoms with Crippen molar-refractivity contribution in [3.05, 3.63) is 22.5 Å². The molecule has 3 aromatic rings. The zero-order valence-electron chi connectivity index (χ0n) is 12.8. The summed E-state index contributed by atoms with van der Waals surface area (Å²) in [6.45, 7) is 6.07. The molecule has 0 saturated carbocycles. The summed E-state index contributed by atoms with van der Waals surface area (Å²) in [7, 11) is 0. The number of carbonyl (C=O) groups excluding carboxylic acids is 1. The molecule has 0 spiro atoms.